The maximum absolute atomic E-state index is 3.54. The van der Waals surface area contributed by atoms with E-state index in [0.29, 0.717) is 0 Å². The number of hydrogen-bond acceptors (Lipinski definition) is 0. The van der Waals surface area contributed by atoms with Gasteiger partial charge in [-0.3, -0.25) is 0 Å². The van der Waals surface area contributed by atoms with Gasteiger partial charge in [-0.1, -0.05) is 0 Å². The Hall–Kier alpha value is 0.279. The fraction of sp³-hybridized carbons (Fsp3) is 0.200. The molecule has 0 aromatic rings. The van der Waals surface area contributed by atoms with Crippen molar-refractivity contribution in [2.45, 2.75) is 4.94 Å². The molecule has 0 aliphatic carbocycles. The summed E-state index contributed by atoms with van der Waals surface area (Å²) in [7, 11) is 0. The Balaban J connectivity index is 2.94. The molecule has 0 saturated carbocycles. The molecule has 0 N–H and O–H groups in total. The summed E-state index contributed by atoms with van der Waals surface area (Å²) in [5.41, 5.74) is 0. The van der Waals surface area contributed by atoms with Gasteiger partial charge in [0.15, 0.2) is 0 Å². The van der Waals surface area contributed by atoms with E-state index in [1.807, 2.05) is 12.2 Å². The molecule has 2 radical (unpaired) electrons. The van der Waals surface area contributed by atoms with Crippen LogP contribution >= 0.6 is 0 Å². The molecule has 0 saturated heterocycles. The average molecular weight is 187 g/mol. The zero-order valence-corrected chi connectivity index (χ0v) is 6.79. The first-order chi connectivity index (χ1) is 2.91. The Labute approximate surface area is 49.2 Å². The van der Waals surface area contributed by atoms with Gasteiger partial charge in [-0.15, -0.1) is 0 Å². The molecule has 0 bridgehead atoms. The van der Waals surface area contributed by atoms with E-state index < -0.39 is 0 Å². The van der Waals surface area contributed by atoms with E-state index in [1.54, 1.807) is 0 Å². The molecule has 0 aliphatic heterocycles. The summed E-state index contributed by atoms with van der Waals surface area (Å²) >= 11 is -0.0621. The molecule has 0 atom stereocenters. The van der Waals surface area contributed by atoms with Gasteiger partial charge in [0.2, 0.25) is 0 Å². The maximum atomic E-state index is 3.54. The summed E-state index contributed by atoms with van der Waals surface area (Å²) < 4.78 is 2.23. The van der Waals surface area contributed by atoms with Gasteiger partial charge in [0.05, 0.1) is 0 Å². The van der Waals surface area contributed by atoms with Crippen LogP contribution in [0.2, 0.25) is 4.94 Å². The van der Waals surface area contributed by atoms with Crippen molar-refractivity contribution in [3.63, 3.8) is 0 Å². The Morgan fingerprint density at radius 2 is 2.33 bits per heavy atom. The zero-order valence-electron chi connectivity index (χ0n) is 3.94. The molecule has 0 fully saturated rings. The fourth-order valence-corrected chi connectivity index (χ4v) is 1.10. The standard InChI is InChI=1S/C4H5.CH3.Sn/c1-3-4-2;;/h1,3-4H,2H2;1H3;. The third-order valence-corrected chi connectivity index (χ3v) is 1.90. The van der Waals surface area contributed by atoms with E-state index >= 15 is 0 Å². The van der Waals surface area contributed by atoms with Crippen molar-refractivity contribution in [2.75, 3.05) is 0 Å². The van der Waals surface area contributed by atoms with Crippen LogP contribution in [-0.4, -0.2) is 21.1 Å². The van der Waals surface area contributed by atoms with Gasteiger partial charge in [-0.25, -0.2) is 0 Å². The van der Waals surface area contributed by atoms with Crippen molar-refractivity contribution in [3.8, 4) is 0 Å². The van der Waals surface area contributed by atoms with Crippen LogP contribution in [0.25, 0.3) is 0 Å². The molecular weight excluding hydrogens is 179 g/mol. The molecule has 0 aromatic carbocycles. The van der Waals surface area contributed by atoms with Gasteiger partial charge in [0, 0.05) is 0 Å². The van der Waals surface area contributed by atoms with Crippen molar-refractivity contribution in [3.05, 3.63) is 22.8 Å². The normalized spacial score (nSPS) is 9.50. The second kappa shape index (κ2) is 5.28. The molecule has 6 heavy (non-hydrogen) atoms. The van der Waals surface area contributed by atoms with E-state index in [9.17, 15) is 0 Å². The van der Waals surface area contributed by atoms with Crippen LogP contribution in [-0.2, 0) is 0 Å². The van der Waals surface area contributed by atoms with Crippen molar-refractivity contribution >= 4 is 21.1 Å². The first-order valence-electron chi connectivity index (χ1n) is 1.86. The summed E-state index contributed by atoms with van der Waals surface area (Å²) in [4.78, 5) is 2.27. The monoisotopic (exact) mass is 188 g/mol. The SMILES string of the molecule is C=CC=[CH][Sn][CH3]. The first-order valence-corrected chi connectivity index (χ1v) is 6.37. The van der Waals surface area contributed by atoms with Gasteiger partial charge in [0.1, 0.15) is 0 Å². The summed E-state index contributed by atoms with van der Waals surface area (Å²) in [6.07, 6.45) is 3.84. The Kier molecular flexibility index (Phi) is 5.52. The van der Waals surface area contributed by atoms with Crippen molar-refractivity contribution in [2.24, 2.45) is 0 Å². The predicted octanol–water partition coefficient (Wildman–Crippen LogP) is 1.44. The Morgan fingerprint density at radius 1 is 1.67 bits per heavy atom. The minimum atomic E-state index is -0.0621. The third kappa shape index (κ3) is 4.28. The molecule has 0 heterocycles. The Morgan fingerprint density at radius 3 is 2.50 bits per heavy atom. The Bertz CT molecular complexity index is 55.0. The van der Waals surface area contributed by atoms with E-state index in [0.717, 1.165) is 0 Å². The second-order valence-corrected chi connectivity index (χ2v) is 3.48. The fourth-order valence-electron chi connectivity index (χ4n) is 0.164. The quantitative estimate of drug-likeness (QED) is 0.453. The van der Waals surface area contributed by atoms with E-state index in [-0.39, 0.29) is 21.1 Å². The summed E-state index contributed by atoms with van der Waals surface area (Å²) in [6.45, 7) is 3.54. The topological polar surface area (TPSA) is 0 Å². The molecule has 0 aromatic heterocycles. The van der Waals surface area contributed by atoms with Crippen molar-refractivity contribution in [1.29, 1.82) is 0 Å². The van der Waals surface area contributed by atoms with Gasteiger partial charge in [0.25, 0.3) is 0 Å². The predicted molar refractivity (Wildman–Crippen MR) is 31.0 cm³/mol. The minimum absolute atomic E-state index is 0.0621. The summed E-state index contributed by atoms with van der Waals surface area (Å²) in [6, 6.07) is 0. The number of allylic oxidation sites excluding steroid dienone is 2. The van der Waals surface area contributed by atoms with Crippen LogP contribution < -0.4 is 0 Å². The van der Waals surface area contributed by atoms with Crippen LogP contribution in [0.5, 0.6) is 0 Å². The molecule has 0 spiro atoms. The van der Waals surface area contributed by atoms with Gasteiger partial charge in [-0.05, 0) is 0 Å². The van der Waals surface area contributed by atoms with Gasteiger partial charge < -0.3 is 0 Å². The number of rotatable bonds is 2. The average Bonchev–Trinajstić information content (AvgIpc) is 1.61. The van der Waals surface area contributed by atoms with Crippen LogP contribution in [0.3, 0.4) is 0 Å². The molecular formula is C5H8Sn. The van der Waals surface area contributed by atoms with Crippen LogP contribution in [0.4, 0.5) is 0 Å². The van der Waals surface area contributed by atoms with E-state index in [1.165, 1.54) is 0 Å². The van der Waals surface area contributed by atoms with Gasteiger partial charge in [-0.2, -0.15) is 0 Å². The van der Waals surface area contributed by atoms with Gasteiger partial charge >= 0.3 is 48.9 Å². The van der Waals surface area contributed by atoms with Crippen LogP contribution in [0.1, 0.15) is 0 Å². The van der Waals surface area contributed by atoms with E-state index in [2.05, 4.69) is 15.6 Å². The molecule has 0 rings (SSSR count). The molecule has 1 heteroatoms. The van der Waals surface area contributed by atoms with E-state index in [4.69, 9.17) is 0 Å². The molecule has 32 valence electrons. The van der Waals surface area contributed by atoms with Crippen LogP contribution in [0.15, 0.2) is 22.8 Å². The second-order valence-electron chi connectivity index (χ2n) is 0.883. The summed E-state index contributed by atoms with van der Waals surface area (Å²) in [5, 5.41) is 0. The van der Waals surface area contributed by atoms with Crippen molar-refractivity contribution in [1.82, 2.24) is 0 Å². The summed E-state index contributed by atoms with van der Waals surface area (Å²) in [5.74, 6) is 0. The van der Waals surface area contributed by atoms with Crippen molar-refractivity contribution < 1.29 is 0 Å². The molecule has 0 aliphatic rings. The van der Waals surface area contributed by atoms with Crippen LogP contribution in [0, 0.1) is 0 Å². The molecule has 0 nitrogen and oxygen atoms in total. The number of hydrogen-bond donors (Lipinski definition) is 0. The zero-order chi connectivity index (χ0) is 4.83. The first kappa shape index (κ1) is 6.28. The molecule has 0 unspecified atom stereocenters. The molecule has 0 amide bonds. The third-order valence-electron chi connectivity index (χ3n) is 0.399.